The summed E-state index contributed by atoms with van der Waals surface area (Å²) >= 11 is 0. The van der Waals surface area contributed by atoms with Crippen molar-refractivity contribution in [3.63, 3.8) is 0 Å². The fraction of sp³-hybridized carbons (Fsp3) is 0.240. The second kappa shape index (κ2) is 8.81. The normalized spacial score (nSPS) is 15.0. The molecule has 0 unspecified atom stereocenters. The van der Waals surface area contributed by atoms with Gasteiger partial charge in [0.2, 0.25) is 0 Å². The number of nitrogens with one attached hydrogen (secondary N) is 1. The van der Waals surface area contributed by atoms with Gasteiger partial charge in [-0.25, -0.2) is 9.97 Å². The maximum Gasteiger partial charge on any atom is 0.433 e. The predicted molar refractivity (Wildman–Crippen MR) is 121 cm³/mol. The molecule has 0 saturated carbocycles. The summed E-state index contributed by atoms with van der Waals surface area (Å²) in [5.74, 6) is 0.636. The van der Waals surface area contributed by atoms with Crippen molar-refractivity contribution in [1.29, 1.82) is 0 Å². The van der Waals surface area contributed by atoms with Crippen LogP contribution in [0.4, 0.5) is 19.0 Å². The van der Waals surface area contributed by atoms with E-state index in [1.165, 1.54) is 12.3 Å². The highest BCUT2D eigenvalue weighted by Crippen LogP contribution is 2.35. The Morgan fingerprint density at radius 2 is 1.79 bits per heavy atom. The molecule has 0 atom stereocenters. The summed E-state index contributed by atoms with van der Waals surface area (Å²) in [7, 11) is 0. The number of aromatic nitrogens is 2. The van der Waals surface area contributed by atoms with Crippen molar-refractivity contribution in [2.75, 3.05) is 18.4 Å². The van der Waals surface area contributed by atoms with Crippen LogP contribution in [0.2, 0.25) is 0 Å². The molecule has 0 radical (unpaired) electrons. The molecule has 34 heavy (non-hydrogen) atoms. The SMILES string of the molecule is O=C(c1ccco1)N1CCC(Nc2ncc(-c3ccccc3)c3nc(C(F)(F)F)ccc23)CC1. The van der Waals surface area contributed by atoms with Crippen LogP contribution in [0.3, 0.4) is 0 Å². The number of amides is 1. The number of anilines is 1. The Bertz CT molecular complexity index is 1300. The van der Waals surface area contributed by atoms with Crippen LogP contribution >= 0.6 is 0 Å². The molecule has 4 aromatic rings. The number of rotatable bonds is 4. The minimum Gasteiger partial charge on any atom is -0.459 e. The van der Waals surface area contributed by atoms with E-state index in [4.69, 9.17) is 4.42 Å². The van der Waals surface area contributed by atoms with E-state index in [9.17, 15) is 18.0 Å². The molecule has 1 aliphatic rings. The third-order valence-electron chi connectivity index (χ3n) is 5.96. The van der Waals surface area contributed by atoms with Crippen LogP contribution in [0.5, 0.6) is 0 Å². The van der Waals surface area contributed by atoms with Gasteiger partial charge in [0.05, 0.1) is 11.8 Å². The van der Waals surface area contributed by atoms with Crippen LogP contribution in [0, 0.1) is 0 Å². The van der Waals surface area contributed by atoms with Crippen molar-refractivity contribution in [3.05, 3.63) is 78.5 Å². The summed E-state index contributed by atoms with van der Waals surface area (Å²) in [5, 5.41) is 3.88. The van der Waals surface area contributed by atoms with Crippen LogP contribution in [0.25, 0.3) is 22.0 Å². The number of hydrogen-bond acceptors (Lipinski definition) is 5. The summed E-state index contributed by atoms with van der Waals surface area (Å²) in [4.78, 5) is 22.7. The van der Waals surface area contributed by atoms with Gasteiger partial charge < -0.3 is 14.6 Å². The van der Waals surface area contributed by atoms with Crippen molar-refractivity contribution in [1.82, 2.24) is 14.9 Å². The highest BCUT2D eigenvalue weighted by Gasteiger charge is 2.33. The lowest BCUT2D eigenvalue weighted by molar-refractivity contribution is -0.140. The van der Waals surface area contributed by atoms with E-state index >= 15 is 0 Å². The number of carbonyl (C=O) groups excluding carboxylic acids is 1. The fourth-order valence-corrected chi connectivity index (χ4v) is 4.19. The Hall–Kier alpha value is -3.88. The summed E-state index contributed by atoms with van der Waals surface area (Å²) < 4.78 is 45.4. The molecule has 1 N–H and O–H groups in total. The number of nitrogens with zero attached hydrogens (tertiary/aromatic N) is 3. The standard InChI is InChI=1S/C25H21F3N4O2/c26-25(27,28)21-9-8-18-22(31-21)19(16-5-2-1-3-6-16)15-29-23(18)30-17-10-12-32(13-11-17)24(33)20-7-4-14-34-20/h1-9,14-15,17H,10-13H2,(H,29,30). The maximum atomic E-state index is 13.4. The van der Waals surface area contributed by atoms with Gasteiger partial charge in [-0.15, -0.1) is 0 Å². The number of pyridine rings is 2. The molecule has 5 rings (SSSR count). The lowest BCUT2D eigenvalue weighted by Gasteiger charge is -2.32. The first-order valence-electron chi connectivity index (χ1n) is 10.9. The quantitative estimate of drug-likeness (QED) is 0.422. The molecule has 1 fully saturated rings. The first-order chi connectivity index (χ1) is 16.4. The molecular formula is C25H21F3N4O2. The zero-order valence-electron chi connectivity index (χ0n) is 18.0. The van der Waals surface area contributed by atoms with Crippen LogP contribution in [0.15, 0.2) is 71.5 Å². The largest absolute Gasteiger partial charge is 0.459 e. The zero-order chi connectivity index (χ0) is 23.7. The third kappa shape index (κ3) is 4.33. The molecule has 1 saturated heterocycles. The first kappa shape index (κ1) is 21.9. The van der Waals surface area contributed by atoms with Gasteiger partial charge in [-0.05, 0) is 42.7 Å². The van der Waals surface area contributed by atoms with Gasteiger partial charge in [0.1, 0.15) is 11.5 Å². The molecule has 1 aliphatic heterocycles. The number of piperidine rings is 1. The van der Waals surface area contributed by atoms with E-state index in [0.29, 0.717) is 48.5 Å². The van der Waals surface area contributed by atoms with Gasteiger partial charge in [-0.1, -0.05) is 30.3 Å². The number of halogens is 3. The molecule has 174 valence electrons. The molecule has 0 bridgehead atoms. The van der Waals surface area contributed by atoms with Gasteiger partial charge in [0.15, 0.2) is 5.76 Å². The van der Waals surface area contributed by atoms with Crippen LogP contribution < -0.4 is 5.32 Å². The van der Waals surface area contributed by atoms with E-state index in [0.717, 1.165) is 11.6 Å². The van der Waals surface area contributed by atoms with Crippen LogP contribution in [0.1, 0.15) is 29.1 Å². The van der Waals surface area contributed by atoms with Gasteiger partial charge in [0.25, 0.3) is 5.91 Å². The number of carbonyl (C=O) groups is 1. The van der Waals surface area contributed by atoms with E-state index in [-0.39, 0.29) is 17.5 Å². The number of alkyl halides is 3. The maximum absolute atomic E-state index is 13.4. The van der Waals surface area contributed by atoms with Gasteiger partial charge >= 0.3 is 6.18 Å². The molecule has 6 nitrogen and oxygen atoms in total. The molecule has 0 aliphatic carbocycles. The molecule has 3 aromatic heterocycles. The first-order valence-corrected chi connectivity index (χ1v) is 10.9. The van der Waals surface area contributed by atoms with Crippen LogP contribution in [-0.2, 0) is 6.18 Å². The van der Waals surface area contributed by atoms with Gasteiger partial charge in [0, 0.05) is 36.3 Å². The summed E-state index contributed by atoms with van der Waals surface area (Å²) in [5.41, 5.74) is 0.567. The molecule has 9 heteroatoms. The smallest absolute Gasteiger partial charge is 0.433 e. The molecular weight excluding hydrogens is 445 g/mol. The molecule has 1 amide bonds. The van der Waals surface area contributed by atoms with Crippen molar-refractivity contribution < 1.29 is 22.4 Å². The second-order valence-electron chi connectivity index (χ2n) is 8.17. The van der Waals surface area contributed by atoms with Crippen molar-refractivity contribution >= 4 is 22.6 Å². The highest BCUT2D eigenvalue weighted by atomic mass is 19.4. The number of benzene rings is 1. The van der Waals surface area contributed by atoms with Crippen LogP contribution in [-0.4, -0.2) is 39.9 Å². The Morgan fingerprint density at radius 3 is 2.47 bits per heavy atom. The summed E-state index contributed by atoms with van der Waals surface area (Å²) in [6, 6.07) is 14.8. The Morgan fingerprint density at radius 1 is 1.03 bits per heavy atom. The predicted octanol–water partition coefficient (Wildman–Crippen LogP) is 5.63. The zero-order valence-corrected chi connectivity index (χ0v) is 18.0. The summed E-state index contributed by atoms with van der Waals surface area (Å²) in [6.45, 7) is 1.07. The minimum atomic E-state index is -4.55. The molecule has 1 aromatic carbocycles. The lowest BCUT2D eigenvalue weighted by Crippen LogP contribution is -2.42. The van der Waals surface area contributed by atoms with E-state index < -0.39 is 11.9 Å². The third-order valence-corrected chi connectivity index (χ3v) is 5.96. The monoisotopic (exact) mass is 466 g/mol. The Labute approximate surface area is 193 Å². The van der Waals surface area contributed by atoms with Crippen molar-refractivity contribution in [2.45, 2.75) is 25.1 Å². The van der Waals surface area contributed by atoms with E-state index in [2.05, 4.69) is 15.3 Å². The van der Waals surface area contributed by atoms with E-state index in [1.807, 2.05) is 30.3 Å². The van der Waals surface area contributed by atoms with Gasteiger partial charge in [-0.2, -0.15) is 13.2 Å². The van der Waals surface area contributed by atoms with Crippen molar-refractivity contribution in [3.8, 4) is 11.1 Å². The average molecular weight is 466 g/mol. The fourth-order valence-electron chi connectivity index (χ4n) is 4.19. The number of fused-ring (bicyclic) bond motifs is 1. The second-order valence-corrected chi connectivity index (χ2v) is 8.17. The lowest BCUT2D eigenvalue weighted by atomic mass is 10.0. The van der Waals surface area contributed by atoms with Gasteiger partial charge in [-0.3, -0.25) is 4.79 Å². The molecule has 4 heterocycles. The topological polar surface area (TPSA) is 71.3 Å². The van der Waals surface area contributed by atoms with Crippen molar-refractivity contribution in [2.24, 2.45) is 0 Å². The number of furan rings is 1. The minimum absolute atomic E-state index is 0.0150. The highest BCUT2D eigenvalue weighted by molar-refractivity contribution is 5.99. The Balaban J connectivity index is 1.41. The Kier molecular flexibility index (Phi) is 5.69. The van der Waals surface area contributed by atoms with E-state index in [1.54, 1.807) is 23.2 Å². The number of hydrogen-bond donors (Lipinski definition) is 1. The number of likely N-dealkylation sites (tertiary alicyclic amines) is 1. The summed E-state index contributed by atoms with van der Waals surface area (Å²) in [6.07, 6.45) is -0.182. The molecule has 0 spiro atoms. The average Bonchev–Trinajstić information content (AvgIpc) is 3.39.